The van der Waals surface area contributed by atoms with Crippen LogP contribution < -0.4 is 0 Å². The second-order valence-corrected chi connectivity index (χ2v) is 6.22. The molecule has 1 aromatic rings. The first-order valence-corrected chi connectivity index (χ1v) is 6.96. The predicted molar refractivity (Wildman–Crippen MR) is 73.5 cm³/mol. The number of fused-ring (bicyclic) bond motifs is 1. The molecule has 2 fully saturated rings. The number of methoxy groups -OCH3 is 1. The van der Waals surface area contributed by atoms with E-state index in [1.165, 1.54) is 24.9 Å². The minimum atomic E-state index is 0.166. The van der Waals surface area contributed by atoms with Crippen molar-refractivity contribution in [2.45, 2.75) is 38.3 Å². The van der Waals surface area contributed by atoms with Crippen molar-refractivity contribution in [2.24, 2.45) is 5.41 Å². The van der Waals surface area contributed by atoms with E-state index in [9.17, 15) is 0 Å². The highest BCUT2D eigenvalue weighted by molar-refractivity contribution is 5.32. The van der Waals surface area contributed by atoms with Gasteiger partial charge in [-0.15, -0.1) is 0 Å². The van der Waals surface area contributed by atoms with Gasteiger partial charge in [0.05, 0.1) is 11.6 Å². The molecule has 2 aliphatic rings. The smallest absolute Gasteiger partial charge is 0.0770 e. The highest BCUT2D eigenvalue weighted by Gasteiger charge is 2.61. The number of rotatable bonds is 2. The van der Waals surface area contributed by atoms with Crippen LogP contribution in [0.3, 0.4) is 0 Å². The summed E-state index contributed by atoms with van der Waals surface area (Å²) in [6, 6.07) is 11.0. The number of nitrogens with zero attached hydrogens (tertiary/aromatic N) is 1. The Bertz CT molecular complexity index is 428. The number of hydrogen-bond acceptors (Lipinski definition) is 2. The van der Waals surface area contributed by atoms with Crippen molar-refractivity contribution in [2.75, 3.05) is 20.2 Å². The monoisotopic (exact) mass is 245 g/mol. The van der Waals surface area contributed by atoms with Gasteiger partial charge in [0.1, 0.15) is 0 Å². The number of benzene rings is 1. The van der Waals surface area contributed by atoms with E-state index in [1.807, 2.05) is 7.11 Å². The molecule has 0 aromatic heterocycles. The van der Waals surface area contributed by atoms with Crippen LogP contribution in [0.15, 0.2) is 30.3 Å². The summed E-state index contributed by atoms with van der Waals surface area (Å²) < 4.78 is 5.77. The van der Waals surface area contributed by atoms with Gasteiger partial charge in [-0.3, -0.25) is 4.90 Å². The maximum atomic E-state index is 5.77. The van der Waals surface area contributed by atoms with Crippen LogP contribution in [0.4, 0.5) is 0 Å². The van der Waals surface area contributed by atoms with Gasteiger partial charge in [0.25, 0.3) is 0 Å². The Labute approximate surface area is 110 Å². The van der Waals surface area contributed by atoms with Crippen molar-refractivity contribution >= 4 is 0 Å². The van der Waals surface area contributed by atoms with E-state index < -0.39 is 0 Å². The Balaban J connectivity index is 2.12. The van der Waals surface area contributed by atoms with E-state index in [4.69, 9.17) is 4.74 Å². The number of ether oxygens (including phenoxy) is 1. The van der Waals surface area contributed by atoms with Crippen LogP contribution in [0.2, 0.25) is 0 Å². The molecule has 0 bridgehead atoms. The summed E-state index contributed by atoms with van der Waals surface area (Å²) in [6.45, 7) is 7.02. The first-order valence-electron chi connectivity index (χ1n) is 6.96. The fourth-order valence-electron chi connectivity index (χ4n) is 4.33. The van der Waals surface area contributed by atoms with Gasteiger partial charge in [0, 0.05) is 19.1 Å². The lowest BCUT2D eigenvalue weighted by Gasteiger charge is -2.44. The van der Waals surface area contributed by atoms with Crippen molar-refractivity contribution in [3.8, 4) is 0 Å². The molecular weight excluding hydrogens is 222 g/mol. The van der Waals surface area contributed by atoms with E-state index >= 15 is 0 Å². The average molecular weight is 245 g/mol. The van der Waals surface area contributed by atoms with Crippen molar-refractivity contribution in [1.29, 1.82) is 0 Å². The van der Waals surface area contributed by atoms with Crippen molar-refractivity contribution < 1.29 is 4.74 Å². The molecule has 3 rings (SSSR count). The SMILES string of the molecule is COC1CN2CCCC2(c2ccccc2)C1(C)C. The zero-order chi connectivity index (χ0) is 12.8. The largest absolute Gasteiger partial charge is 0.379 e. The van der Waals surface area contributed by atoms with Gasteiger partial charge >= 0.3 is 0 Å². The molecule has 98 valence electrons. The summed E-state index contributed by atoms with van der Waals surface area (Å²) in [7, 11) is 1.85. The minimum Gasteiger partial charge on any atom is -0.379 e. The third-order valence-electron chi connectivity index (χ3n) is 5.30. The normalized spacial score (nSPS) is 34.7. The number of hydrogen-bond donors (Lipinski definition) is 0. The van der Waals surface area contributed by atoms with Crippen molar-refractivity contribution in [3.63, 3.8) is 0 Å². The van der Waals surface area contributed by atoms with Crippen LogP contribution in [0, 0.1) is 5.41 Å². The second kappa shape index (κ2) is 4.07. The molecular formula is C16H23NO. The van der Waals surface area contributed by atoms with Crippen molar-refractivity contribution in [1.82, 2.24) is 4.90 Å². The van der Waals surface area contributed by atoms with Gasteiger partial charge < -0.3 is 4.74 Å². The molecule has 18 heavy (non-hydrogen) atoms. The van der Waals surface area contributed by atoms with Crippen molar-refractivity contribution in [3.05, 3.63) is 35.9 Å². The van der Waals surface area contributed by atoms with E-state index in [0.717, 1.165) is 6.54 Å². The van der Waals surface area contributed by atoms with E-state index in [-0.39, 0.29) is 11.0 Å². The fourth-order valence-corrected chi connectivity index (χ4v) is 4.33. The summed E-state index contributed by atoms with van der Waals surface area (Å²) in [5, 5.41) is 0. The van der Waals surface area contributed by atoms with Gasteiger partial charge in [-0.1, -0.05) is 44.2 Å². The first-order chi connectivity index (χ1) is 8.63. The highest BCUT2D eigenvalue weighted by atomic mass is 16.5. The van der Waals surface area contributed by atoms with E-state index in [0.29, 0.717) is 6.10 Å². The Hall–Kier alpha value is -0.860. The van der Waals surface area contributed by atoms with Crippen LogP contribution in [0.5, 0.6) is 0 Å². The molecule has 0 amide bonds. The van der Waals surface area contributed by atoms with Gasteiger partial charge in [0.2, 0.25) is 0 Å². The van der Waals surface area contributed by atoms with Crippen LogP contribution in [0.25, 0.3) is 0 Å². The molecule has 0 N–H and O–H groups in total. The molecule has 0 saturated carbocycles. The quantitative estimate of drug-likeness (QED) is 0.794. The fraction of sp³-hybridized carbons (Fsp3) is 0.625. The molecule has 1 aromatic carbocycles. The third-order valence-corrected chi connectivity index (χ3v) is 5.30. The molecule has 2 heterocycles. The lowest BCUT2D eigenvalue weighted by molar-refractivity contribution is -0.000110. The molecule has 2 heteroatoms. The second-order valence-electron chi connectivity index (χ2n) is 6.22. The zero-order valence-electron chi connectivity index (χ0n) is 11.6. The van der Waals surface area contributed by atoms with Crippen LogP contribution in [0.1, 0.15) is 32.3 Å². The highest BCUT2D eigenvalue weighted by Crippen LogP contribution is 2.57. The van der Waals surface area contributed by atoms with Crippen LogP contribution in [-0.4, -0.2) is 31.2 Å². The molecule has 0 radical (unpaired) electrons. The van der Waals surface area contributed by atoms with Gasteiger partial charge in [-0.05, 0) is 24.9 Å². The summed E-state index contributed by atoms with van der Waals surface area (Å²) in [4.78, 5) is 2.65. The molecule has 2 unspecified atom stereocenters. The molecule has 2 saturated heterocycles. The van der Waals surface area contributed by atoms with E-state index in [2.05, 4.69) is 49.1 Å². The Kier molecular flexibility index (Phi) is 2.76. The Morgan fingerprint density at radius 1 is 1.22 bits per heavy atom. The van der Waals surface area contributed by atoms with Gasteiger partial charge in [-0.25, -0.2) is 0 Å². The molecule has 2 atom stereocenters. The van der Waals surface area contributed by atoms with Crippen LogP contribution in [-0.2, 0) is 10.3 Å². The van der Waals surface area contributed by atoms with Gasteiger partial charge in [0.15, 0.2) is 0 Å². The standard InChI is InChI=1S/C16H23NO/c1-15(2)14(18-3)12-17-11-7-10-16(15,17)13-8-5-4-6-9-13/h4-6,8-9,14H,7,10-12H2,1-3H3. The summed E-state index contributed by atoms with van der Waals surface area (Å²) in [6.07, 6.45) is 2.89. The minimum absolute atomic E-state index is 0.166. The Morgan fingerprint density at radius 2 is 1.94 bits per heavy atom. The predicted octanol–water partition coefficient (Wildman–Crippen LogP) is 3.03. The summed E-state index contributed by atoms with van der Waals surface area (Å²) in [5.74, 6) is 0. The van der Waals surface area contributed by atoms with Gasteiger partial charge in [-0.2, -0.15) is 0 Å². The molecule has 2 nitrogen and oxygen atoms in total. The first kappa shape index (κ1) is 12.2. The topological polar surface area (TPSA) is 12.5 Å². The summed E-state index contributed by atoms with van der Waals surface area (Å²) in [5.41, 5.74) is 1.81. The lowest BCUT2D eigenvalue weighted by Crippen LogP contribution is -2.46. The van der Waals surface area contributed by atoms with Crippen LogP contribution >= 0.6 is 0 Å². The lowest BCUT2D eigenvalue weighted by atomic mass is 9.67. The maximum Gasteiger partial charge on any atom is 0.0770 e. The summed E-state index contributed by atoms with van der Waals surface area (Å²) >= 11 is 0. The zero-order valence-corrected chi connectivity index (χ0v) is 11.6. The average Bonchev–Trinajstić information content (AvgIpc) is 2.89. The molecule has 2 aliphatic heterocycles. The molecule has 0 spiro atoms. The third kappa shape index (κ3) is 1.36. The molecule has 0 aliphatic carbocycles. The van der Waals surface area contributed by atoms with E-state index in [1.54, 1.807) is 0 Å². The Morgan fingerprint density at radius 3 is 2.61 bits per heavy atom. The maximum absolute atomic E-state index is 5.77.